The summed E-state index contributed by atoms with van der Waals surface area (Å²) in [6, 6.07) is 7.72. The van der Waals surface area contributed by atoms with E-state index in [2.05, 4.69) is 17.4 Å². The number of anilines is 1. The first kappa shape index (κ1) is 9.22. The molecule has 0 aromatic heterocycles. The van der Waals surface area contributed by atoms with E-state index in [-0.39, 0.29) is 0 Å². The van der Waals surface area contributed by atoms with Gasteiger partial charge in [-0.05, 0) is 42.9 Å². The molecule has 0 spiro atoms. The second kappa shape index (κ2) is 3.53. The standard InChI is InChI=1S/C13H18N2/c14-13-6-1-3-9-7-11(8-12(9)13)15-10-4-2-5-10/h1,3,6,10-11,15H,2,4-5,7-8,14H2. The quantitative estimate of drug-likeness (QED) is 0.719. The van der Waals surface area contributed by atoms with Crippen LogP contribution in [-0.4, -0.2) is 12.1 Å². The van der Waals surface area contributed by atoms with E-state index in [1.54, 1.807) is 0 Å². The van der Waals surface area contributed by atoms with Crippen molar-refractivity contribution in [3.05, 3.63) is 29.3 Å². The Bertz CT molecular complexity index is 369. The number of fused-ring (bicyclic) bond motifs is 1. The maximum atomic E-state index is 5.98. The average Bonchev–Trinajstić information content (AvgIpc) is 2.56. The minimum atomic E-state index is 0.634. The van der Waals surface area contributed by atoms with Crippen molar-refractivity contribution in [2.45, 2.75) is 44.2 Å². The topological polar surface area (TPSA) is 38.0 Å². The second-order valence-electron chi connectivity index (χ2n) is 4.88. The molecule has 1 fully saturated rings. The van der Waals surface area contributed by atoms with Gasteiger partial charge in [0, 0.05) is 17.8 Å². The Morgan fingerprint density at radius 2 is 2.00 bits per heavy atom. The fraction of sp³-hybridized carbons (Fsp3) is 0.538. The van der Waals surface area contributed by atoms with Gasteiger partial charge in [-0.3, -0.25) is 0 Å². The zero-order valence-electron chi connectivity index (χ0n) is 9.00. The number of hydrogen-bond acceptors (Lipinski definition) is 2. The Kier molecular flexibility index (Phi) is 2.17. The van der Waals surface area contributed by atoms with Crippen LogP contribution in [0.25, 0.3) is 0 Å². The maximum absolute atomic E-state index is 5.98. The van der Waals surface area contributed by atoms with Crippen LogP contribution in [-0.2, 0) is 12.8 Å². The molecule has 1 saturated carbocycles. The Hall–Kier alpha value is -1.02. The van der Waals surface area contributed by atoms with Gasteiger partial charge in [0.2, 0.25) is 0 Å². The lowest BCUT2D eigenvalue weighted by Crippen LogP contribution is -2.42. The van der Waals surface area contributed by atoms with Gasteiger partial charge in [0.1, 0.15) is 0 Å². The monoisotopic (exact) mass is 202 g/mol. The van der Waals surface area contributed by atoms with E-state index < -0.39 is 0 Å². The van der Waals surface area contributed by atoms with Gasteiger partial charge in [0.15, 0.2) is 0 Å². The third-order valence-electron chi connectivity index (χ3n) is 3.80. The zero-order valence-corrected chi connectivity index (χ0v) is 9.00. The van der Waals surface area contributed by atoms with E-state index in [1.165, 1.54) is 30.4 Å². The number of hydrogen-bond donors (Lipinski definition) is 2. The molecule has 2 heteroatoms. The predicted octanol–water partition coefficient (Wildman–Crippen LogP) is 1.88. The number of nitrogens with one attached hydrogen (secondary N) is 1. The van der Waals surface area contributed by atoms with Gasteiger partial charge in [-0.25, -0.2) is 0 Å². The highest BCUT2D eigenvalue weighted by molar-refractivity contribution is 5.53. The summed E-state index contributed by atoms with van der Waals surface area (Å²) >= 11 is 0. The molecule has 2 aliphatic carbocycles. The Morgan fingerprint density at radius 3 is 2.67 bits per heavy atom. The molecule has 1 aromatic rings. The highest BCUT2D eigenvalue weighted by Crippen LogP contribution is 2.29. The average molecular weight is 202 g/mol. The van der Waals surface area contributed by atoms with Crippen LogP contribution in [0.1, 0.15) is 30.4 Å². The molecule has 0 bridgehead atoms. The van der Waals surface area contributed by atoms with Gasteiger partial charge in [0.25, 0.3) is 0 Å². The maximum Gasteiger partial charge on any atom is 0.0349 e. The molecule has 1 aromatic carbocycles. The van der Waals surface area contributed by atoms with Gasteiger partial charge >= 0.3 is 0 Å². The SMILES string of the molecule is Nc1cccc2c1CC(NC1CCC1)C2. The lowest BCUT2D eigenvalue weighted by atomic mass is 9.92. The molecule has 1 unspecified atom stereocenters. The largest absolute Gasteiger partial charge is 0.398 e. The summed E-state index contributed by atoms with van der Waals surface area (Å²) in [4.78, 5) is 0. The van der Waals surface area contributed by atoms with E-state index in [0.29, 0.717) is 6.04 Å². The third-order valence-corrected chi connectivity index (χ3v) is 3.80. The molecular formula is C13H18N2. The first-order chi connectivity index (χ1) is 7.33. The van der Waals surface area contributed by atoms with Gasteiger partial charge in [0.05, 0.1) is 0 Å². The summed E-state index contributed by atoms with van der Waals surface area (Å²) in [5.74, 6) is 0. The van der Waals surface area contributed by atoms with Gasteiger partial charge < -0.3 is 11.1 Å². The molecule has 80 valence electrons. The fourth-order valence-electron chi connectivity index (χ4n) is 2.70. The number of benzene rings is 1. The summed E-state index contributed by atoms with van der Waals surface area (Å²) in [5.41, 5.74) is 9.80. The van der Waals surface area contributed by atoms with Crippen LogP contribution < -0.4 is 11.1 Å². The van der Waals surface area contributed by atoms with Crippen LogP contribution >= 0.6 is 0 Å². The van der Waals surface area contributed by atoms with Crippen molar-refractivity contribution in [1.82, 2.24) is 5.32 Å². The Morgan fingerprint density at radius 1 is 1.13 bits per heavy atom. The van der Waals surface area contributed by atoms with Crippen molar-refractivity contribution in [1.29, 1.82) is 0 Å². The van der Waals surface area contributed by atoms with Crippen LogP contribution in [0.2, 0.25) is 0 Å². The first-order valence-corrected chi connectivity index (χ1v) is 5.95. The molecule has 0 amide bonds. The molecule has 0 saturated heterocycles. The van der Waals surface area contributed by atoms with Crippen molar-refractivity contribution < 1.29 is 0 Å². The highest BCUT2D eigenvalue weighted by Gasteiger charge is 2.27. The third kappa shape index (κ3) is 1.63. The minimum Gasteiger partial charge on any atom is -0.398 e. The molecule has 1 atom stereocenters. The summed E-state index contributed by atoms with van der Waals surface area (Å²) in [6.45, 7) is 0. The Balaban J connectivity index is 1.71. The van der Waals surface area contributed by atoms with Gasteiger partial charge in [-0.2, -0.15) is 0 Å². The molecule has 0 heterocycles. The van der Waals surface area contributed by atoms with Gasteiger partial charge in [-0.1, -0.05) is 18.6 Å². The normalized spacial score (nSPS) is 24.9. The smallest absolute Gasteiger partial charge is 0.0349 e. The molecule has 0 aliphatic heterocycles. The van der Waals surface area contributed by atoms with Crippen LogP contribution in [0.4, 0.5) is 5.69 Å². The van der Waals surface area contributed by atoms with Crippen LogP contribution in [0.5, 0.6) is 0 Å². The minimum absolute atomic E-state index is 0.634. The number of rotatable bonds is 2. The lowest BCUT2D eigenvalue weighted by Gasteiger charge is -2.29. The summed E-state index contributed by atoms with van der Waals surface area (Å²) in [6.07, 6.45) is 6.42. The van der Waals surface area contributed by atoms with E-state index in [0.717, 1.165) is 24.6 Å². The van der Waals surface area contributed by atoms with E-state index in [1.807, 2.05) is 6.07 Å². The predicted molar refractivity (Wildman–Crippen MR) is 62.8 cm³/mol. The summed E-state index contributed by atoms with van der Waals surface area (Å²) in [5, 5.41) is 3.73. The van der Waals surface area contributed by atoms with E-state index >= 15 is 0 Å². The molecule has 2 nitrogen and oxygen atoms in total. The van der Waals surface area contributed by atoms with Crippen molar-refractivity contribution in [3.8, 4) is 0 Å². The van der Waals surface area contributed by atoms with E-state index in [4.69, 9.17) is 5.73 Å². The van der Waals surface area contributed by atoms with E-state index in [9.17, 15) is 0 Å². The highest BCUT2D eigenvalue weighted by atomic mass is 15.0. The Labute approximate surface area is 90.9 Å². The van der Waals surface area contributed by atoms with Crippen LogP contribution in [0.15, 0.2) is 18.2 Å². The summed E-state index contributed by atoms with van der Waals surface area (Å²) < 4.78 is 0. The molecule has 0 radical (unpaired) electrons. The second-order valence-corrected chi connectivity index (χ2v) is 4.88. The van der Waals surface area contributed by atoms with Crippen molar-refractivity contribution in [2.24, 2.45) is 0 Å². The zero-order chi connectivity index (χ0) is 10.3. The fourth-order valence-corrected chi connectivity index (χ4v) is 2.70. The van der Waals surface area contributed by atoms with Crippen LogP contribution in [0.3, 0.4) is 0 Å². The lowest BCUT2D eigenvalue weighted by molar-refractivity contribution is 0.306. The van der Waals surface area contributed by atoms with Gasteiger partial charge in [-0.15, -0.1) is 0 Å². The molecule has 3 N–H and O–H groups in total. The first-order valence-electron chi connectivity index (χ1n) is 5.95. The van der Waals surface area contributed by atoms with Crippen molar-refractivity contribution in [2.75, 3.05) is 5.73 Å². The van der Waals surface area contributed by atoms with Crippen molar-refractivity contribution >= 4 is 5.69 Å². The molecule has 15 heavy (non-hydrogen) atoms. The molecule has 3 rings (SSSR count). The number of nitrogen functional groups attached to an aromatic ring is 1. The number of nitrogens with two attached hydrogens (primary N) is 1. The molecule has 2 aliphatic rings. The van der Waals surface area contributed by atoms with Crippen molar-refractivity contribution in [3.63, 3.8) is 0 Å². The van der Waals surface area contributed by atoms with Crippen LogP contribution in [0, 0.1) is 0 Å². The summed E-state index contributed by atoms with van der Waals surface area (Å²) in [7, 11) is 0. The molecular weight excluding hydrogens is 184 g/mol.